The number of aromatic amines is 1. The van der Waals surface area contributed by atoms with Gasteiger partial charge >= 0.3 is 0 Å². The SMILES string of the molecule is CCOc1ccc(-c2cc(C(=O)N3CC[C@@H]4NC(=O)[C@@H](Cc5ccccc5)NC(=O)C5(C/C=C/C[C@@H]4C3)CCOCC5)[nH]n2)cc1. The molecule has 3 amide bonds. The van der Waals surface area contributed by atoms with Crippen molar-refractivity contribution < 1.29 is 23.9 Å². The molecule has 0 aliphatic carbocycles. The molecule has 2 saturated heterocycles. The summed E-state index contributed by atoms with van der Waals surface area (Å²) in [6.07, 6.45) is 7.74. The topological polar surface area (TPSA) is 126 Å². The second-order valence-electron chi connectivity index (χ2n) is 12.6. The van der Waals surface area contributed by atoms with Crippen LogP contribution in [0.5, 0.6) is 5.75 Å². The van der Waals surface area contributed by atoms with Crippen LogP contribution in [0.1, 0.15) is 55.1 Å². The highest BCUT2D eigenvalue weighted by Gasteiger charge is 2.42. The normalized spacial score (nSPS) is 24.1. The molecule has 10 nitrogen and oxygen atoms in total. The van der Waals surface area contributed by atoms with Crippen molar-refractivity contribution in [2.45, 2.75) is 57.5 Å². The summed E-state index contributed by atoms with van der Waals surface area (Å²) in [5, 5.41) is 13.8. The quantitative estimate of drug-likeness (QED) is 0.351. The Morgan fingerprint density at radius 1 is 1.04 bits per heavy atom. The van der Waals surface area contributed by atoms with Crippen molar-refractivity contribution in [1.82, 2.24) is 25.7 Å². The van der Waals surface area contributed by atoms with Crippen LogP contribution in [-0.2, 0) is 20.7 Å². The molecule has 3 aromatic rings. The van der Waals surface area contributed by atoms with E-state index in [0.717, 1.165) is 16.9 Å². The minimum absolute atomic E-state index is 0.0181. The highest BCUT2D eigenvalue weighted by molar-refractivity contribution is 5.94. The number of rotatable bonds is 6. The Balaban J connectivity index is 1.19. The van der Waals surface area contributed by atoms with Gasteiger partial charge in [-0.1, -0.05) is 42.5 Å². The van der Waals surface area contributed by atoms with Crippen LogP contribution in [-0.4, -0.2) is 77.8 Å². The van der Waals surface area contributed by atoms with Gasteiger partial charge in [0.05, 0.1) is 17.7 Å². The molecule has 3 aliphatic rings. The molecule has 3 atom stereocenters. The number of allylic oxidation sites excluding steroid dienone is 2. The first kappa shape index (κ1) is 31.5. The maximum atomic E-state index is 13.9. The van der Waals surface area contributed by atoms with E-state index in [1.54, 1.807) is 6.07 Å². The number of hydrogen-bond acceptors (Lipinski definition) is 6. The van der Waals surface area contributed by atoms with Gasteiger partial charge in [0.15, 0.2) is 0 Å². The number of nitrogens with zero attached hydrogens (tertiary/aromatic N) is 2. The summed E-state index contributed by atoms with van der Waals surface area (Å²) >= 11 is 0. The summed E-state index contributed by atoms with van der Waals surface area (Å²) < 4.78 is 11.1. The van der Waals surface area contributed by atoms with Crippen LogP contribution >= 0.6 is 0 Å². The average molecular weight is 626 g/mol. The molecule has 0 radical (unpaired) electrons. The van der Waals surface area contributed by atoms with E-state index in [9.17, 15) is 14.4 Å². The van der Waals surface area contributed by atoms with E-state index < -0.39 is 11.5 Å². The number of amides is 3. The second kappa shape index (κ2) is 14.3. The van der Waals surface area contributed by atoms with Gasteiger partial charge in [0.1, 0.15) is 17.5 Å². The number of piperidine rings is 1. The zero-order valence-electron chi connectivity index (χ0n) is 26.4. The molecule has 10 heteroatoms. The van der Waals surface area contributed by atoms with E-state index in [1.165, 1.54) is 0 Å². The fourth-order valence-corrected chi connectivity index (χ4v) is 6.80. The van der Waals surface area contributed by atoms with E-state index in [1.807, 2.05) is 66.4 Å². The summed E-state index contributed by atoms with van der Waals surface area (Å²) in [6, 6.07) is 18.4. The number of carbonyl (C=O) groups excluding carboxylic acids is 3. The molecular weight excluding hydrogens is 582 g/mol. The maximum Gasteiger partial charge on any atom is 0.271 e. The van der Waals surface area contributed by atoms with Crippen LogP contribution in [0.2, 0.25) is 0 Å². The van der Waals surface area contributed by atoms with Crippen LogP contribution in [0, 0.1) is 11.3 Å². The Bertz CT molecular complexity index is 1530. The number of benzene rings is 2. The van der Waals surface area contributed by atoms with Gasteiger partial charge in [-0.3, -0.25) is 19.5 Å². The van der Waals surface area contributed by atoms with Gasteiger partial charge in [-0.2, -0.15) is 5.10 Å². The maximum absolute atomic E-state index is 13.9. The lowest BCUT2D eigenvalue weighted by atomic mass is 9.75. The van der Waals surface area contributed by atoms with Crippen LogP contribution in [0.15, 0.2) is 72.8 Å². The van der Waals surface area contributed by atoms with Crippen LogP contribution in [0.25, 0.3) is 11.3 Å². The number of hydrogen-bond donors (Lipinski definition) is 3. The summed E-state index contributed by atoms with van der Waals surface area (Å²) in [6.45, 7) is 4.58. The van der Waals surface area contributed by atoms with E-state index in [0.29, 0.717) is 82.8 Å². The second-order valence-corrected chi connectivity index (χ2v) is 12.6. The first-order valence-electron chi connectivity index (χ1n) is 16.4. The van der Waals surface area contributed by atoms with Gasteiger partial charge in [0.2, 0.25) is 11.8 Å². The highest BCUT2D eigenvalue weighted by atomic mass is 16.5. The molecule has 2 fully saturated rings. The van der Waals surface area contributed by atoms with E-state index in [-0.39, 0.29) is 29.7 Å². The van der Waals surface area contributed by atoms with Crippen molar-refractivity contribution in [3.8, 4) is 17.0 Å². The average Bonchev–Trinajstić information content (AvgIpc) is 3.58. The molecule has 1 spiro atoms. The van der Waals surface area contributed by atoms with Gasteiger partial charge in [-0.25, -0.2) is 0 Å². The number of aromatic nitrogens is 2. The number of likely N-dealkylation sites (tertiary alicyclic amines) is 1. The van der Waals surface area contributed by atoms with E-state index >= 15 is 0 Å². The standard InChI is InChI=1S/C36H43N5O5/c1-2-46-28-13-11-26(12-14-28)30-23-32(40-39-30)34(43)41-19-15-29-27(24-41)10-6-7-16-36(17-20-45-21-18-36)35(44)38-31(33(42)37-29)22-25-8-4-3-5-9-25/h3-9,11-14,23,27,29,31H,2,10,15-22,24H2,1H3,(H,37,42)(H,38,44)(H,39,40)/b7-6+/t27-,29+,31-/m1/s1. The lowest BCUT2D eigenvalue weighted by Crippen LogP contribution is -2.58. The van der Waals surface area contributed by atoms with E-state index in [4.69, 9.17) is 9.47 Å². The third-order valence-corrected chi connectivity index (χ3v) is 9.57. The Morgan fingerprint density at radius 3 is 2.59 bits per heavy atom. The van der Waals surface area contributed by atoms with E-state index in [2.05, 4.69) is 33.0 Å². The van der Waals surface area contributed by atoms with Gasteiger partial charge in [0.25, 0.3) is 5.91 Å². The van der Waals surface area contributed by atoms with Gasteiger partial charge < -0.3 is 25.0 Å². The lowest BCUT2D eigenvalue weighted by Gasteiger charge is -2.40. The van der Waals surface area contributed by atoms with Crippen molar-refractivity contribution in [3.05, 3.63) is 84.1 Å². The van der Waals surface area contributed by atoms with Crippen molar-refractivity contribution >= 4 is 17.7 Å². The van der Waals surface area contributed by atoms with Gasteiger partial charge in [-0.05, 0) is 74.9 Å². The van der Waals surface area contributed by atoms with Crippen LogP contribution < -0.4 is 15.4 Å². The third-order valence-electron chi connectivity index (χ3n) is 9.57. The fourth-order valence-electron chi connectivity index (χ4n) is 6.80. The minimum Gasteiger partial charge on any atom is -0.494 e. The Labute approximate surface area is 269 Å². The molecule has 0 bridgehead atoms. The monoisotopic (exact) mass is 625 g/mol. The number of H-pyrrole nitrogens is 1. The lowest BCUT2D eigenvalue weighted by molar-refractivity contribution is -0.140. The summed E-state index contributed by atoms with van der Waals surface area (Å²) in [5.74, 6) is 0.422. The van der Waals surface area contributed by atoms with Crippen LogP contribution in [0.3, 0.4) is 0 Å². The molecule has 242 valence electrons. The molecular formula is C36H43N5O5. The number of fused-ring (bicyclic) bond motifs is 1. The van der Waals surface area contributed by atoms with Crippen LogP contribution in [0.4, 0.5) is 0 Å². The zero-order chi connectivity index (χ0) is 31.9. The predicted molar refractivity (Wildman–Crippen MR) is 174 cm³/mol. The summed E-state index contributed by atoms with van der Waals surface area (Å²) in [4.78, 5) is 43.2. The predicted octanol–water partition coefficient (Wildman–Crippen LogP) is 4.30. The third kappa shape index (κ3) is 7.17. The van der Waals surface area contributed by atoms with Crippen molar-refractivity contribution in [3.63, 3.8) is 0 Å². The largest absolute Gasteiger partial charge is 0.494 e. The molecule has 3 aliphatic heterocycles. The molecule has 0 unspecified atom stereocenters. The first-order valence-corrected chi connectivity index (χ1v) is 16.4. The first-order chi connectivity index (χ1) is 22.4. The van der Waals surface area contributed by atoms with Crippen molar-refractivity contribution in [1.29, 1.82) is 0 Å². The number of nitrogens with one attached hydrogen (secondary N) is 3. The zero-order valence-corrected chi connectivity index (χ0v) is 26.4. The van der Waals surface area contributed by atoms with Crippen molar-refractivity contribution in [2.24, 2.45) is 11.3 Å². The highest BCUT2D eigenvalue weighted by Crippen LogP contribution is 2.36. The Hall–Kier alpha value is -4.44. The molecule has 46 heavy (non-hydrogen) atoms. The summed E-state index contributed by atoms with van der Waals surface area (Å²) in [7, 11) is 0. The Kier molecular flexibility index (Phi) is 9.82. The summed E-state index contributed by atoms with van der Waals surface area (Å²) in [5.41, 5.74) is 2.39. The fraction of sp³-hybridized carbons (Fsp3) is 0.444. The molecule has 4 heterocycles. The van der Waals surface area contributed by atoms with Gasteiger partial charge in [0, 0.05) is 50.2 Å². The van der Waals surface area contributed by atoms with Crippen molar-refractivity contribution in [2.75, 3.05) is 32.9 Å². The Morgan fingerprint density at radius 2 is 1.83 bits per heavy atom. The number of ether oxygens (including phenoxy) is 2. The smallest absolute Gasteiger partial charge is 0.271 e. The minimum atomic E-state index is -0.704. The number of carbonyl (C=O) groups is 3. The molecule has 1 aromatic heterocycles. The van der Waals surface area contributed by atoms with Gasteiger partial charge in [-0.15, -0.1) is 0 Å². The molecule has 0 saturated carbocycles. The molecule has 3 N–H and O–H groups in total. The molecule has 6 rings (SSSR count). The molecule has 2 aromatic carbocycles.